The fraction of sp³-hybridized carbons (Fsp3) is 1.00. The topological polar surface area (TPSA) is 9.23 Å². The maximum absolute atomic E-state index is 5.19. The molecule has 0 N–H and O–H groups in total. The largest absolute Gasteiger partial charge is 0.382 e. The molecule has 0 rings (SSSR count). The van der Waals surface area contributed by atoms with Crippen LogP contribution in [0.3, 0.4) is 0 Å². The Morgan fingerprint density at radius 1 is 1.10 bits per heavy atom. The van der Waals surface area contributed by atoms with Gasteiger partial charge in [-0.15, -0.1) is 0 Å². The van der Waals surface area contributed by atoms with Crippen LogP contribution in [0.25, 0.3) is 0 Å². The first kappa shape index (κ1) is 10.3. The van der Waals surface area contributed by atoms with Crippen molar-refractivity contribution in [2.75, 3.05) is 19.0 Å². The molecule has 0 aromatic rings. The first-order valence-corrected chi connectivity index (χ1v) is 4.73. The smallest absolute Gasteiger partial charge is 0.0465 e. The maximum Gasteiger partial charge on any atom is 0.0465 e. The van der Waals surface area contributed by atoms with E-state index in [4.69, 9.17) is 4.74 Å². The van der Waals surface area contributed by atoms with Crippen LogP contribution < -0.4 is 0 Å². The fourth-order valence-corrected chi connectivity index (χ4v) is 1.04. The van der Waals surface area contributed by atoms with Crippen LogP contribution in [0.4, 0.5) is 0 Å². The number of rotatable bonds is 7. The van der Waals surface area contributed by atoms with E-state index in [1.165, 1.54) is 25.7 Å². The van der Waals surface area contributed by atoms with Gasteiger partial charge in [0.2, 0.25) is 0 Å². The summed E-state index contributed by atoms with van der Waals surface area (Å²) in [5, 5.41) is 0. The number of unbranched alkanes of at least 4 members (excludes halogenated alkanes) is 3. The summed E-state index contributed by atoms with van der Waals surface area (Å²) < 4.78 is 5.19. The maximum atomic E-state index is 5.19. The first-order chi connectivity index (χ1) is 4.91. The molecular weight excluding hydrogens is 144 g/mol. The van der Waals surface area contributed by atoms with E-state index in [-0.39, 0.29) is 0 Å². The highest BCUT2D eigenvalue weighted by Gasteiger charge is 1.87. The van der Waals surface area contributed by atoms with E-state index in [1.807, 2.05) is 6.92 Å². The van der Waals surface area contributed by atoms with Gasteiger partial charge in [-0.3, -0.25) is 0 Å². The second-order valence-electron chi connectivity index (χ2n) is 2.33. The third-order valence-electron chi connectivity index (χ3n) is 1.40. The van der Waals surface area contributed by atoms with Crippen molar-refractivity contribution >= 4 is 12.6 Å². The lowest BCUT2D eigenvalue weighted by atomic mass is 10.2. The van der Waals surface area contributed by atoms with Crippen LogP contribution in [-0.4, -0.2) is 19.0 Å². The first-order valence-electron chi connectivity index (χ1n) is 4.10. The van der Waals surface area contributed by atoms with Gasteiger partial charge in [0.15, 0.2) is 0 Å². The van der Waals surface area contributed by atoms with Crippen LogP contribution >= 0.6 is 12.6 Å². The van der Waals surface area contributed by atoms with Gasteiger partial charge in [0.25, 0.3) is 0 Å². The van der Waals surface area contributed by atoms with Gasteiger partial charge in [-0.05, 0) is 25.5 Å². The average Bonchev–Trinajstić information content (AvgIpc) is 1.97. The van der Waals surface area contributed by atoms with E-state index in [0.29, 0.717) is 0 Å². The molecule has 62 valence electrons. The minimum Gasteiger partial charge on any atom is -0.382 e. The van der Waals surface area contributed by atoms with Crippen molar-refractivity contribution in [3.05, 3.63) is 0 Å². The van der Waals surface area contributed by atoms with Crippen LogP contribution in [0.2, 0.25) is 0 Å². The van der Waals surface area contributed by atoms with Crippen molar-refractivity contribution in [3.63, 3.8) is 0 Å². The lowest BCUT2D eigenvalue weighted by molar-refractivity contribution is 0.143. The summed E-state index contributed by atoms with van der Waals surface area (Å²) in [7, 11) is 0. The molecule has 2 heteroatoms. The molecule has 10 heavy (non-hydrogen) atoms. The lowest BCUT2D eigenvalue weighted by Gasteiger charge is -1.99. The quantitative estimate of drug-likeness (QED) is 0.447. The normalized spacial score (nSPS) is 10.2. The Kier molecular flexibility index (Phi) is 9.60. The second kappa shape index (κ2) is 9.31. The molecule has 0 aliphatic heterocycles. The van der Waals surface area contributed by atoms with E-state index < -0.39 is 0 Å². The minimum absolute atomic E-state index is 0.854. The predicted molar refractivity (Wildman–Crippen MR) is 48.8 cm³/mol. The SMILES string of the molecule is CCOCCCCCCS. The Balaban J connectivity index is 2.65. The van der Waals surface area contributed by atoms with Crippen LogP contribution in [0, 0.1) is 0 Å². The van der Waals surface area contributed by atoms with Crippen molar-refractivity contribution in [1.29, 1.82) is 0 Å². The Labute approximate surface area is 69.6 Å². The van der Waals surface area contributed by atoms with E-state index in [9.17, 15) is 0 Å². The minimum atomic E-state index is 0.854. The number of ether oxygens (including phenoxy) is 1. The van der Waals surface area contributed by atoms with Crippen LogP contribution in [0.5, 0.6) is 0 Å². The van der Waals surface area contributed by atoms with Gasteiger partial charge in [-0.25, -0.2) is 0 Å². The Hall–Kier alpha value is 0.310. The van der Waals surface area contributed by atoms with Crippen molar-refractivity contribution in [2.24, 2.45) is 0 Å². The third-order valence-corrected chi connectivity index (χ3v) is 1.72. The van der Waals surface area contributed by atoms with E-state index in [2.05, 4.69) is 12.6 Å². The number of thiol groups is 1. The molecule has 0 atom stereocenters. The van der Waals surface area contributed by atoms with Gasteiger partial charge in [-0.2, -0.15) is 12.6 Å². The van der Waals surface area contributed by atoms with E-state index >= 15 is 0 Å². The Morgan fingerprint density at radius 3 is 2.40 bits per heavy atom. The standard InChI is InChI=1S/C8H18OS/c1-2-9-7-5-3-4-6-8-10/h10H,2-8H2,1H3. The van der Waals surface area contributed by atoms with E-state index in [0.717, 1.165) is 19.0 Å². The molecule has 0 aromatic carbocycles. The van der Waals surface area contributed by atoms with E-state index in [1.54, 1.807) is 0 Å². The molecule has 0 saturated heterocycles. The summed E-state index contributed by atoms with van der Waals surface area (Å²) in [4.78, 5) is 0. The molecule has 0 amide bonds. The molecular formula is C8H18OS. The second-order valence-corrected chi connectivity index (χ2v) is 2.78. The zero-order chi connectivity index (χ0) is 7.66. The van der Waals surface area contributed by atoms with Crippen molar-refractivity contribution in [3.8, 4) is 0 Å². The monoisotopic (exact) mass is 162 g/mol. The van der Waals surface area contributed by atoms with Gasteiger partial charge in [-0.1, -0.05) is 12.8 Å². The summed E-state index contributed by atoms with van der Waals surface area (Å²) in [5.74, 6) is 1.02. The van der Waals surface area contributed by atoms with Gasteiger partial charge in [0.05, 0.1) is 0 Å². The summed E-state index contributed by atoms with van der Waals surface area (Å²) in [6.45, 7) is 3.82. The molecule has 0 aliphatic rings. The highest BCUT2D eigenvalue weighted by molar-refractivity contribution is 7.80. The molecule has 0 spiro atoms. The summed E-state index contributed by atoms with van der Waals surface area (Å²) in [6, 6.07) is 0. The van der Waals surface area contributed by atoms with Gasteiger partial charge < -0.3 is 4.74 Å². The molecule has 0 aromatic heterocycles. The molecule has 0 bridgehead atoms. The van der Waals surface area contributed by atoms with Crippen molar-refractivity contribution in [2.45, 2.75) is 32.6 Å². The van der Waals surface area contributed by atoms with Crippen LogP contribution in [0.1, 0.15) is 32.6 Å². The highest BCUT2D eigenvalue weighted by Crippen LogP contribution is 2.00. The molecule has 0 saturated carbocycles. The molecule has 0 heterocycles. The zero-order valence-corrected chi connectivity index (χ0v) is 7.70. The highest BCUT2D eigenvalue weighted by atomic mass is 32.1. The summed E-state index contributed by atoms with van der Waals surface area (Å²) in [5.41, 5.74) is 0. The third kappa shape index (κ3) is 8.31. The average molecular weight is 162 g/mol. The summed E-state index contributed by atoms with van der Waals surface area (Å²) >= 11 is 4.13. The van der Waals surface area contributed by atoms with Crippen LogP contribution in [0.15, 0.2) is 0 Å². The number of hydrogen-bond donors (Lipinski definition) is 1. The molecule has 0 aliphatic carbocycles. The zero-order valence-electron chi connectivity index (χ0n) is 6.81. The molecule has 0 fully saturated rings. The van der Waals surface area contributed by atoms with Gasteiger partial charge in [0.1, 0.15) is 0 Å². The molecule has 0 radical (unpaired) electrons. The molecule has 1 nitrogen and oxygen atoms in total. The van der Waals surface area contributed by atoms with Gasteiger partial charge in [0, 0.05) is 13.2 Å². The summed E-state index contributed by atoms with van der Waals surface area (Å²) in [6.07, 6.45) is 5.05. The Bertz CT molecular complexity index is 49.2. The van der Waals surface area contributed by atoms with Gasteiger partial charge >= 0.3 is 0 Å². The van der Waals surface area contributed by atoms with Crippen molar-refractivity contribution < 1.29 is 4.74 Å². The van der Waals surface area contributed by atoms with Crippen molar-refractivity contribution in [1.82, 2.24) is 0 Å². The Morgan fingerprint density at radius 2 is 1.80 bits per heavy atom. The molecule has 0 unspecified atom stereocenters. The van der Waals surface area contributed by atoms with Crippen LogP contribution in [-0.2, 0) is 4.74 Å². The predicted octanol–water partition coefficient (Wildman–Crippen LogP) is 2.51. The number of hydrogen-bond acceptors (Lipinski definition) is 2. The lowest BCUT2D eigenvalue weighted by Crippen LogP contribution is -1.92. The fourth-order valence-electron chi connectivity index (χ4n) is 0.814.